The SMILES string of the molecule is CC1CCN(CC(O)CN2CCC(C)C(n3ccnc3)C2)CC1. The largest absolute Gasteiger partial charge is 0.390 e. The molecule has 3 rings (SSSR count). The highest BCUT2D eigenvalue weighted by Gasteiger charge is 2.28. The number of likely N-dealkylation sites (tertiary alicyclic amines) is 2. The number of aliphatic hydroxyl groups excluding tert-OH is 1. The van der Waals surface area contributed by atoms with E-state index in [-0.39, 0.29) is 6.10 Å². The molecule has 0 radical (unpaired) electrons. The summed E-state index contributed by atoms with van der Waals surface area (Å²) in [6.45, 7) is 10.7. The molecule has 3 unspecified atom stereocenters. The topological polar surface area (TPSA) is 44.5 Å². The van der Waals surface area contributed by atoms with Crippen molar-refractivity contribution in [2.75, 3.05) is 39.3 Å². The number of β-amino-alcohol motifs (C(OH)–C–C–N with tert-alkyl or cyclic N) is 1. The van der Waals surface area contributed by atoms with Gasteiger partial charge in [0.25, 0.3) is 0 Å². The third-order valence-electron chi connectivity index (χ3n) is 5.72. The zero-order chi connectivity index (χ0) is 16.2. The number of hydrogen-bond acceptors (Lipinski definition) is 4. The van der Waals surface area contributed by atoms with E-state index in [4.69, 9.17) is 0 Å². The predicted octanol–water partition coefficient (Wildman–Crippen LogP) is 1.86. The predicted molar refractivity (Wildman–Crippen MR) is 92.3 cm³/mol. The van der Waals surface area contributed by atoms with Gasteiger partial charge in [0, 0.05) is 38.1 Å². The molecule has 3 heterocycles. The van der Waals surface area contributed by atoms with Gasteiger partial charge in [-0.05, 0) is 50.7 Å². The third-order valence-corrected chi connectivity index (χ3v) is 5.72. The lowest BCUT2D eigenvalue weighted by Crippen LogP contribution is -2.47. The molecule has 0 spiro atoms. The maximum Gasteiger partial charge on any atom is 0.0949 e. The van der Waals surface area contributed by atoms with Crippen molar-refractivity contribution in [1.82, 2.24) is 19.4 Å². The Hall–Kier alpha value is -0.910. The van der Waals surface area contributed by atoms with Crippen LogP contribution in [-0.2, 0) is 0 Å². The van der Waals surface area contributed by atoms with Crippen LogP contribution in [-0.4, -0.2) is 69.8 Å². The van der Waals surface area contributed by atoms with Crippen LogP contribution in [0.5, 0.6) is 0 Å². The van der Waals surface area contributed by atoms with Gasteiger partial charge in [0.15, 0.2) is 0 Å². The lowest BCUT2D eigenvalue weighted by molar-refractivity contribution is 0.0398. The summed E-state index contributed by atoms with van der Waals surface area (Å²) < 4.78 is 2.23. The molecule has 0 aromatic carbocycles. The lowest BCUT2D eigenvalue weighted by Gasteiger charge is -2.39. The first-order valence-electron chi connectivity index (χ1n) is 9.22. The summed E-state index contributed by atoms with van der Waals surface area (Å²) in [4.78, 5) is 9.06. The molecule has 2 aliphatic rings. The Morgan fingerprint density at radius 2 is 1.78 bits per heavy atom. The highest BCUT2D eigenvalue weighted by molar-refractivity contribution is 4.89. The van der Waals surface area contributed by atoms with Crippen LogP contribution >= 0.6 is 0 Å². The van der Waals surface area contributed by atoms with Gasteiger partial charge in [-0.25, -0.2) is 4.98 Å². The second-order valence-corrected chi connectivity index (χ2v) is 7.74. The van der Waals surface area contributed by atoms with Crippen LogP contribution in [0.15, 0.2) is 18.7 Å². The summed E-state index contributed by atoms with van der Waals surface area (Å²) in [6, 6.07) is 0.481. The molecule has 1 aromatic heterocycles. The Bertz CT molecular complexity index is 456. The molecule has 130 valence electrons. The highest BCUT2D eigenvalue weighted by atomic mass is 16.3. The van der Waals surface area contributed by atoms with Crippen molar-refractivity contribution in [2.24, 2.45) is 11.8 Å². The third kappa shape index (κ3) is 4.55. The quantitative estimate of drug-likeness (QED) is 0.899. The van der Waals surface area contributed by atoms with Gasteiger partial charge in [0.2, 0.25) is 0 Å². The summed E-state index contributed by atoms with van der Waals surface area (Å²) in [7, 11) is 0. The fourth-order valence-corrected chi connectivity index (χ4v) is 4.03. The van der Waals surface area contributed by atoms with Crippen molar-refractivity contribution in [3.63, 3.8) is 0 Å². The van der Waals surface area contributed by atoms with Crippen molar-refractivity contribution in [2.45, 2.75) is 45.3 Å². The molecule has 0 aliphatic carbocycles. The van der Waals surface area contributed by atoms with Crippen LogP contribution in [0.25, 0.3) is 0 Å². The minimum atomic E-state index is -0.236. The van der Waals surface area contributed by atoms with Crippen molar-refractivity contribution < 1.29 is 5.11 Å². The Morgan fingerprint density at radius 1 is 1.09 bits per heavy atom. The van der Waals surface area contributed by atoms with Crippen molar-refractivity contribution in [3.05, 3.63) is 18.7 Å². The monoisotopic (exact) mass is 320 g/mol. The Labute approximate surface area is 140 Å². The van der Waals surface area contributed by atoms with E-state index >= 15 is 0 Å². The van der Waals surface area contributed by atoms with Crippen molar-refractivity contribution >= 4 is 0 Å². The minimum Gasteiger partial charge on any atom is -0.390 e. The molecule has 23 heavy (non-hydrogen) atoms. The molecule has 0 bridgehead atoms. The van der Waals surface area contributed by atoms with Crippen LogP contribution in [0.4, 0.5) is 0 Å². The molecule has 5 nitrogen and oxygen atoms in total. The summed E-state index contributed by atoms with van der Waals surface area (Å²) in [5.41, 5.74) is 0. The van der Waals surface area contributed by atoms with Gasteiger partial charge in [-0.15, -0.1) is 0 Å². The second-order valence-electron chi connectivity index (χ2n) is 7.74. The average Bonchev–Trinajstić information content (AvgIpc) is 3.06. The van der Waals surface area contributed by atoms with E-state index in [1.807, 2.05) is 12.5 Å². The second kappa shape index (κ2) is 7.77. The van der Waals surface area contributed by atoms with E-state index in [0.29, 0.717) is 12.0 Å². The first-order valence-corrected chi connectivity index (χ1v) is 9.22. The van der Waals surface area contributed by atoms with E-state index in [1.165, 1.54) is 19.3 Å². The van der Waals surface area contributed by atoms with Crippen LogP contribution in [0.3, 0.4) is 0 Å². The first-order chi connectivity index (χ1) is 11.1. The Balaban J connectivity index is 1.47. The number of imidazole rings is 1. The van der Waals surface area contributed by atoms with Crippen LogP contribution in [0.2, 0.25) is 0 Å². The number of aromatic nitrogens is 2. The van der Waals surface area contributed by atoms with E-state index < -0.39 is 0 Å². The molecule has 0 saturated carbocycles. The fourth-order valence-electron chi connectivity index (χ4n) is 4.03. The molecular weight excluding hydrogens is 288 g/mol. The molecule has 2 fully saturated rings. The van der Waals surface area contributed by atoms with Gasteiger partial charge in [0.1, 0.15) is 0 Å². The van der Waals surface area contributed by atoms with Gasteiger partial charge < -0.3 is 14.6 Å². The maximum absolute atomic E-state index is 10.5. The summed E-state index contributed by atoms with van der Waals surface area (Å²) in [5, 5.41) is 10.5. The van der Waals surface area contributed by atoms with Crippen LogP contribution in [0.1, 0.15) is 39.2 Å². The van der Waals surface area contributed by atoms with Crippen LogP contribution in [0, 0.1) is 11.8 Å². The Morgan fingerprint density at radius 3 is 2.48 bits per heavy atom. The number of hydrogen-bond donors (Lipinski definition) is 1. The molecule has 2 aliphatic heterocycles. The maximum atomic E-state index is 10.5. The van der Waals surface area contributed by atoms with E-state index in [0.717, 1.165) is 45.2 Å². The highest BCUT2D eigenvalue weighted by Crippen LogP contribution is 2.27. The van der Waals surface area contributed by atoms with E-state index in [1.54, 1.807) is 0 Å². The van der Waals surface area contributed by atoms with Crippen LogP contribution < -0.4 is 0 Å². The molecule has 5 heteroatoms. The lowest BCUT2D eigenvalue weighted by atomic mass is 9.93. The molecule has 3 atom stereocenters. The zero-order valence-electron chi connectivity index (χ0n) is 14.6. The number of nitrogens with zero attached hydrogens (tertiary/aromatic N) is 4. The number of aliphatic hydroxyl groups is 1. The molecule has 2 saturated heterocycles. The zero-order valence-corrected chi connectivity index (χ0v) is 14.6. The first kappa shape index (κ1) is 16.9. The summed E-state index contributed by atoms with van der Waals surface area (Å²) in [6.07, 6.45) is 9.36. The Kier molecular flexibility index (Phi) is 5.72. The fraction of sp³-hybridized carbons (Fsp3) is 0.833. The molecule has 0 amide bonds. The number of rotatable bonds is 5. The smallest absolute Gasteiger partial charge is 0.0949 e. The minimum absolute atomic E-state index is 0.236. The normalized spacial score (nSPS) is 29.7. The summed E-state index contributed by atoms with van der Waals surface area (Å²) in [5.74, 6) is 1.52. The summed E-state index contributed by atoms with van der Waals surface area (Å²) >= 11 is 0. The number of piperidine rings is 2. The molecule has 1 N–H and O–H groups in total. The van der Waals surface area contributed by atoms with Crippen molar-refractivity contribution in [1.29, 1.82) is 0 Å². The standard InChI is InChI=1S/C18H32N4O/c1-15-3-7-20(8-4-15)11-17(23)12-21-9-5-16(2)18(13-21)22-10-6-19-14-22/h6,10,14-18,23H,3-5,7-9,11-13H2,1-2H3. The van der Waals surface area contributed by atoms with E-state index in [9.17, 15) is 5.11 Å². The van der Waals surface area contributed by atoms with E-state index in [2.05, 4.69) is 39.4 Å². The van der Waals surface area contributed by atoms with Gasteiger partial charge in [-0.2, -0.15) is 0 Å². The molecule has 1 aromatic rings. The van der Waals surface area contributed by atoms with Crippen molar-refractivity contribution in [3.8, 4) is 0 Å². The van der Waals surface area contributed by atoms with Gasteiger partial charge in [-0.3, -0.25) is 4.90 Å². The van der Waals surface area contributed by atoms with Gasteiger partial charge >= 0.3 is 0 Å². The van der Waals surface area contributed by atoms with Gasteiger partial charge in [-0.1, -0.05) is 13.8 Å². The van der Waals surface area contributed by atoms with Gasteiger partial charge in [0.05, 0.1) is 12.4 Å². The molecular formula is C18H32N4O. The average molecular weight is 320 g/mol.